The number of rotatable bonds is 77. The zero-order chi connectivity index (χ0) is 65.1. The van der Waals surface area contributed by atoms with E-state index in [0.717, 1.165) is 44.9 Å². The number of nitrogens with two attached hydrogens (primary N) is 1. The minimum Gasteiger partial charge on any atom is -0.462 e. The van der Waals surface area contributed by atoms with Crippen molar-refractivity contribution in [3.63, 3.8) is 0 Å². The Morgan fingerprint density at radius 3 is 0.856 bits per heavy atom. The van der Waals surface area contributed by atoms with E-state index in [0.29, 0.717) is 6.42 Å². The summed E-state index contributed by atoms with van der Waals surface area (Å²) in [6, 6.07) is 0. The molecule has 0 heterocycles. The van der Waals surface area contributed by atoms with Crippen LogP contribution in [-0.4, -0.2) is 49.3 Å². The molecule has 0 saturated heterocycles. The van der Waals surface area contributed by atoms with Gasteiger partial charge in [0, 0.05) is 19.4 Å². The molecule has 0 amide bonds. The molecule has 90 heavy (non-hydrogen) atoms. The molecule has 0 saturated carbocycles. The fraction of sp³-hybridized carbons (Fsp3) is 0.900. The van der Waals surface area contributed by atoms with Gasteiger partial charge in [0.2, 0.25) is 0 Å². The van der Waals surface area contributed by atoms with Gasteiger partial charge in [-0.1, -0.05) is 403 Å². The summed E-state index contributed by atoms with van der Waals surface area (Å²) in [6.45, 7) is 3.82. The second kappa shape index (κ2) is 76.2. The van der Waals surface area contributed by atoms with Crippen molar-refractivity contribution < 1.29 is 37.6 Å². The normalized spacial score (nSPS) is 13.0. The fourth-order valence-corrected chi connectivity index (χ4v) is 13.1. The van der Waals surface area contributed by atoms with Crippen LogP contribution >= 0.6 is 7.82 Å². The molecule has 0 rings (SSSR count). The highest BCUT2D eigenvalue weighted by molar-refractivity contribution is 7.47. The molecule has 0 aliphatic rings. The van der Waals surface area contributed by atoms with Crippen molar-refractivity contribution in [2.24, 2.45) is 5.73 Å². The van der Waals surface area contributed by atoms with Crippen LogP contribution < -0.4 is 5.73 Å². The number of carbonyl (C=O) groups is 2. The Morgan fingerprint density at radius 1 is 0.333 bits per heavy atom. The van der Waals surface area contributed by atoms with Gasteiger partial charge >= 0.3 is 19.8 Å². The first-order valence-corrected chi connectivity index (χ1v) is 41.5. The number of phosphoric acid groups is 1. The molecule has 0 spiro atoms. The van der Waals surface area contributed by atoms with Gasteiger partial charge in [0.1, 0.15) is 6.61 Å². The maximum absolute atomic E-state index is 12.8. The lowest BCUT2D eigenvalue weighted by molar-refractivity contribution is -0.161. The summed E-state index contributed by atoms with van der Waals surface area (Å²) in [5, 5.41) is 0. The third-order valence-corrected chi connectivity index (χ3v) is 19.3. The summed E-state index contributed by atoms with van der Waals surface area (Å²) in [7, 11) is -4.39. The molecular weight excluding hydrogens is 1130 g/mol. The predicted molar refractivity (Wildman–Crippen MR) is 390 cm³/mol. The summed E-state index contributed by atoms with van der Waals surface area (Å²) >= 11 is 0. The second-order valence-electron chi connectivity index (χ2n) is 27.3. The van der Waals surface area contributed by atoms with Crippen LogP contribution in [0.25, 0.3) is 0 Å². The molecule has 0 aliphatic carbocycles. The van der Waals surface area contributed by atoms with Crippen LogP contribution in [0, 0.1) is 0 Å². The van der Waals surface area contributed by atoms with E-state index in [9.17, 15) is 19.0 Å². The first-order valence-electron chi connectivity index (χ1n) is 40.0. The highest BCUT2D eigenvalue weighted by Gasteiger charge is 2.26. The minimum atomic E-state index is -4.39. The fourth-order valence-electron chi connectivity index (χ4n) is 12.4. The molecule has 9 nitrogen and oxygen atoms in total. The van der Waals surface area contributed by atoms with Gasteiger partial charge in [-0.05, 0) is 51.4 Å². The minimum absolute atomic E-state index is 0.0559. The molecule has 0 fully saturated rings. The molecule has 2 unspecified atom stereocenters. The SMILES string of the molecule is CCCCCCC/C=C\C/C=C\C/C=C\CCCCCCCCCCCCCCCCCCC(=O)OC(COC(=O)CCCCCCCCCCCCCCCCCCCCCCCCCCCCCCCCCCCCCCCC)COP(=O)(O)OCCN. The standard InChI is InChI=1S/C80H154NO8P/c1-3-5-7-9-11-13-15-17-19-21-23-25-27-29-31-33-35-36-37-38-39-40-41-43-44-46-48-50-52-54-56-58-60-62-64-66-68-70-72-79(82)86-76-78(77-88-90(84,85)87-75-74-81)89-80(83)73-71-69-67-65-63-61-59-57-55-53-51-49-47-45-42-34-32-30-28-26-24-22-20-18-16-14-12-10-8-6-4-2/h16,18,22,24,28,30,78H,3-15,17,19-21,23,25-27,29,31-77,81H2,1-2H3,(H,84,85)/b18-16-,24-22-,30-28-. The molecule has 0 aliphatic heterocycles. The number of hydrogen-bond donors (Lipinski definition) is 2. The van der Waals surface area contributed by atoms with E-state index in [1.54, 1.807) is 0 Å². The zero-order valence-electron chi connectivity index (χ0n) is 60.2. The van der Waals surface area contributed by atoms with Crippen molar-refractivity contribution in [3.05, 3.63) is 36.5 Å². The number of ether oxygens (including phenoxy) is 2. The number of esters is 2. The van der Waals surface area contributed by atoms with E-state index >= 15 is 0 Å². The van der Waals surface area contributed by atoms with Crippen LogP contribution in [0.3, 0.4) is 0 Å². The number of allylic oxidation sites excluding steroid dienone is 6. The molecule has 532 valence electrons. The summed E-state index contributed by atoms with van der Waals surface area (Å²) in [5.41, 5.74) is 5.41. The summed E-state index contributed by atoms with van der Waals surface area (Å²) in [5.74, 6) is -0.803. The van der Waals surface area contributed by atoms with E-state index in [2.05, 4.69) is 50.3 Å². The van der Waals surface area contributed by atoms with Gasteiger partial charge in [-0.15, -0.1) is 0 Å². The number of unbranched alkanes of at least 4 members (excludes halogenated alkanes) is 58. The molecule has 3 N–H and O–H groups in total. The lowest BCUT2D eigenvalue weighted by atomic mass is 10.0. The summed E-state index contributed by atoms with van der Waals surface area (Å²) in [4.78, 5) is 35.4. The maximum atomic E-state index is 12.8. The van der Waals surface area contributed by atoms with E-state index < -0.39 is 26.5 Å². The Bertz CT molecular complexity index is 1570. The van der Waals surface area contributed by atoms with E-state index in [1.807, 2.05) is 0 Å². The van der Waals surface area contributed by atoms with Crippen molar-refractivity contribution >= 4 is 19.8 Å². The van der Waals surface area contributed by atoms with E-state index in [1.165, 1.54) is 353 Å². The topological polar surface area (TPSA) is 134 Å². The van der Waals surface area contributed by atoms with Gasteiger partial charge in [0.05, 0.1) is 13.2 Å². The summed E-state index contributed by atoms with van der Waals surface area (Å²) in [6.07, 6.45) is 97.2. The average molecular weight is 1290 g/mol. The largest absolute Gasteiger partial charge is 0.472 e. The molecule has 0 aromatic heterocycles. The first kappa shape index (κ1) is 88.2. The quantitative estimate of drug-likeness (QED) is 0.0264. The maximum Gasteiger partial charge on any atom is 0.472 e. The monoisotopic (exact) mass is 1290 g/mol. The number of hydrogen-bond acceptors (Lipinski definition) is 8. The molecule has 0 radical (unpaired) electrons. The highest BCUT2D eigenvalue weighted by Crippen LogP contribution is 2.43. The van der Waals surface area contributed by atoms with Crippen molar-refractivity contribution in [2.75, 3.05) is 26.4 Å². The highest BCUT2D eigenvalue weighted by atomic mass is 31.2. The second-order valence-corrected chi connectivity index (χ2v) is 28.8. The molecule has 0 bridgehead atoms. The lowest BCUT2D eigenvalue weighted by Crippen LogP contribution is -2.29. The average Bonchev–Trinajstić information content (AvgIpc) is 3.75. The predicted octanol–water partition coefficient (Wildman–Crippen LogP) is 26.6. The van der Waals surface area contributed by atoms with E-state index in [4.69, 9.17) is 24.3 Å². The van der Waals surface area contributed by atoms with Crippen LogP contribution in [0.5, 0.6) is 0 Å². The van der Waals surface area contributed by atoms with Crippen molar-refractivity contribution in [1.29, 1.82) is 0 Å². The molecule has 10 heteroatoms. The molecule has 0 aromatic rings. The van der Waals surface area contributed by atoms with Crippen LogP contribution in [0.4, 0.5) is 0 Å². The van der Waals surface area contributed by atoms with Crippen LogP contribution in [0.15, 0.2) is 36.5 Å². The Balaban J connectivity index is 3.75. The Hall–Kier alpha value is -1.77. The lowest BCUT2D eigenvalue weighted by Gasteiger charge is -2.19. The Morgan fingerprint density at radius 2 is 0.578 bits per heavy atom. The Kier molecular flexibility index (Phi) is 74.8. The van der Waals surface area contributed by atoms with Gasteiger partial charge in [-0.2, -0.15) is 0 Å². The molecular formula is C80H154NO8P. The van der Waals surface area contributed by atoms with Crippen molar-refractivity contribution in [1.82, 2.24) is 0 Å². The van der Waals surface area contributed by atoms with Crippen LogP contribution in [-0.2, 0) is 32.7 Å². The van der Waals surface area contributed by atoms with Gasteiger partial charge in [-0.3, -0.25) is 18.6 Å². The zero-order valence-corrected chi connectivity index (χ0v) is 61.1. The summed E-state index contributed by atoms with van der Waals surface area (Å²) < 4.78 is 33.3. The van der Waals surface area contributed by atoms with E-state index in [-0.39, 0.29) is 38.6 Å². The van der Waals surface area contributed by atoms with Crippen LogP contribution in [0.1, 0.15) is 431 Å². The molecule has 2 atom stereocenters. The smallest absolute Gasteiger partial charge is 0.462 e. The van der Waals surface area contributed by atoms with Gasteiger partial charge in [0.25, 0.3) is 0 Å². The van der Waals surface area contributed by atoms with Crippen molar-refractivity contribution in [2.45, 2.75) is 437 Å². The third-order valence-electron chi connectivity index (χ3n) is 18.3. The van der Waals surface area contributed by atoms with Crippen LogP contribution in [0.2, 0.25) is 0 Å². The van der Waals surface area contributed by atoms with Gasteiger partial charge in [0.15, 0.2) is 6.10 Å². The van der Waals surface area contributed by atoms with Gasteiger partial charge < -0.3 is 20.1 Å². The number of phosphoric ester groups is 1. The van der Waals surface area contributed by atoms with Crippen molar-refractivity contribution in [3.8, 4) is 0 Å². The number of carbonyl (C=O) groups excluding carboxylic acids is 2. The third kappa shape index (κ3) is 75.3. The molecule has 0 aromatic carbocycles. The first-order chi connectivity index (χ1) is 44.3. The van der Waals surface area contributed by atoms with Gasteiger partial charge in [-0.25, -0.2) is 4.57 Å². The Labute approximate surface area is 560 Å².